The van der Waals surface area contributed by atoms with E-state index >= 15 is 0 Å². The number of halogens is 1. The zero-order valence-corrected chi connectivity index (χ0v) is 20.1. The number of anilines is 1. The van der Waals surface area contributed by atoms with Crippen LogP contribution in [0.25, 0.3) is 0 Å². The Bertz CT molecular complexity index is 976. The van der Waals surface area contributed by atoms with E-state index in [9.17, 15) is 9.59 Å². The van der Waals surface area contributed by atoms with E-state index in [0.717, 1.165) is 36.2 Å². The Morgan fingerprint density at radius 2 is 1.82 bits per heavy atom. The molecule has 2 aromatic carbocycles. The van der Waals surface area contributed by atoms with Gasteiger partial charge in [-0.3, -0.25) is 4.79 Å². The first-order valence-electron chi connectivity index (χ1n) is 12.1. The highest BCUT2D eigenvalue weighted by Crippen LogP contribution is 2.38. The van der Waals surface area contributed by atoms with Gasteiger partial charge in [0, 0.05) is 30.3 Å². The SMILES string of the molecule is CCOC(=O)c1ccc(CCNC(=O)c2cc(Cl)ccc2N2CCC3CCCCC3C2)cc1. The molecule has 0 bridgehead atoms. The number of carbonyl (C=O) groups is 2. The summed E-state index contributed by atoms with van der Waals surface area (Å²) in [6, 6.07) is 13.0. The molecule has 1 aliphatic carbocycles. The van der Waals surface area contributed by atoms with E-state index in [1.54, 1.807) is 25.1 Å². The molecule has 1 N–H and O–H groups in total. The van der Waals surface area contributed by atoms with Crippen molar-refractivity contribution in [3.05, 3.63) is 64.2 Å². The first kappa shape index (κ1) is 23.6. The van der Waals surface area contributed by atoms with Crippen LogP contribution < -0.4 is 10.2 Å². The minimum Gasteiger partial charge on any atom is -0.462 e. The van der Waals surface area contributed by atoms with Crippen LogP contribution >= 0.6 is 11.6 Å². The average molecular weight is 469 g/mol. The van der Waals surface area contributed by atoms with Gasteiger partial charge in [0.25, 0.3) is 5.91 Å². The predicted molar refractivity (Wildman–Crippen MR) is 132 cm³/mol. The fraction of sp³-hybridized carbons (Fsp3) is 0.481. The van der Waals surface area contributed by atoms with Crippen LogP contribution in [0.1, 0.15) is 65.3 Å². The van der Waals surface area contributed by atoms with Crippen molar-refractivity contribution in [3.8, 4) is 0 Å². The second-order valence-corrected chi connectivity index (χ2v) is 9.56. The van der Waals surface area contributed by atoms with Crippen molar-refractivity contribution in [2.45, 2.75) is 45.4 Å². The molecule has 1 heterocycles. The summed E-state index contributed by atoms with van der Waals surface area (Å²) in [7, 11) is 0. The molecule has 2 aromatic rings. The topological polar surface area (TPSA) is 58.6 Å². The van der Waals surface area contributed by atoms with Gasteiger partial charge in [-0.25, -0.2) is 4.79 Å². The molecule has 6 heteroatoms. The molecule has 176 valence electrons. The standard InChI is InChI=1S/C27H33ClN2O3/c1-2-33-27(32)21-9-7-19(8-10-21)13-15-29-26(31)24-17-23(28)11-12-25(24)30-16-14-20-5-3-4-6-22(20)18-30/h7-12,17,20,22H,2-6,13-16,18H2,1H3,(H,29,31). The van der Waals surface area contributed by atoms with Crippen molar-refractivity contribution in [1.82, 2.24) is 5.32 Å². The Morgan fingerprint density at radius 3 is 2.58 bits per heavy atom. The summed E-state index contributed by atoms with van der Waals surface area (Å²) in [5, 5.41) is 3.63. The summed E-state index contributed by atoms with van der Waals surface area (Å²) in [6.07, 6.45) is 7.22. The van der Waals surface area contributed by atoms with Gasteiger partial charge >= 0.3 is 5.97 Å². The van der Waals surface area contributed by atoms with Crippen LogP contribution in [0.15, 0.2) is 42.5 Å². The quantitative estimate of drug-likeness (QED) is 0.544. The van der Waals surface area contributed by atoms with Gasteiger partial charge < -0.3 is 15.0 Å². The monoisotopic (exact) mass is 468 g/mol. The van der Waals surface area contributed by atoms with Crippen molar-refractivity contribution >= 4 is 29.2 Å². The van der Waals surface area contributed by atoms with E-state index in [4.69, 9.17) is 16.3 Å². The van der Waals surface area contributed by atoms with Crippen molar-refractivity contribution in [1.29, 1.82) is 0 Å². The van der Waals surface area contributed by atoms with Crippen molar-refractivity contribution in [2.75, 3.05) is 31.1 Å². The van der Waals surface area contributed by atoms with E-state index in [2.05, 4.69) is 10.2 Å². The summed E-state index contributed by atoms with van der Waals surface area (Å²) >= 11 is 6.27. The van der Waals surface area contributed by atoms with Crippen molar-refractivity contribution < 1.29 is 14.3 Å². The van der Waals surface area contributed by atoms with E-state index in [1.807, 2.05) is 24.3 Å². The van der Waals surface area contributed by atoms with E-state index in [-0.39, 0.29) is 11.9 Å². The molecule has 2 fully saturated rings. The third-order valence-electron chi connectivity index (χ3n) is 7.00. The van der Waals surface area contributed by atoms with Gasteiger partial charge in [0.2, 0.25) is 0 Å². The number of esters is 1. The van der Waals surface area contributed by atoms with Crippen LogP contribution in [0.5, 0.6) is 0 Å². The van der Waals surface area contributed by atoms with Gasteiger partial charge in [-0.05, 0) is 73.9 Å². The number of carbonyl (C=O) groups excluding carboxylic acids is 2. The Balaban J connectivity index is 1.37. The molecule has 33 heavy (non-hydrogen) atoms. The minimum atomic E-state index is -0.317. The Labute approximate surface area is 201 Å². The van der Waals surface area contributed by atoms with Gasteiger partial charge in [0.05, 0.1) is 17.7 Å². The maximum absolute atomic E-state index is 13.1. The molecule has 2 unspecified atom stereocenters. The number of nitrogens with zero attached hydrogens (tertiary/aromatic N) is 1. The number of rotatable bonds is 7. The molecule has 0 aromatic heterocycles. The van der Waals surface area contributed by atoms with Crippen LogP contribution in [0, 0.1) is 11.8 Å². The second-order valence-electron chi connectivity index (χ2n) is 9.12. The summed E-state index contributed by atoms with van der Waals surface area (Å²) in [6.45, 7) is 4.68. The second kappa shape index (κ2) is 11.1. The number of benzene rings is 2. The zero-order valence-electron chi connectivity index (χ0n) is 19.3. The zero-order chi connectivity index (χ0) is 23.2. The highest BCUT2D eigenvalue weighted by molar-refractivity contribution is 6.31. The van der Waals surface area contributed by atoms with Crippen LogP contribution in [0.4, 0.5) is 5.69 Å². The number of hydrogen-bond donors (Lipinski definition) is 1. The minimum absolute atomic E-state index is 0.0959. The van der Waals surface area contributed by atoms with E-state index < -0.39 is 0 Å². The van der Waals surface area contributed by atoms with Gasteiger partial charge in [0.15, 0.2) is 0 Å². The molecular formula is C27H33ClN2O3. The number of piperidine rings is 1. The molecule has 1 aliphatic heterocycles. The molecular weight excluding hydrogens is 436 g/mol. The average Bonchev–Trinajstić information content (AvgIpc) is 2.84. The molecule has 1 saturated carbocycles. The first-order chi connectivity index (χ1) is 16.0. The molecule has 5 nitrogen and oxygen atoms in total. The number of nitrogens with one attached hydrogen (secondary N) is 1. The summed E-state index contributed by atoms with van der Waals surface area (Å²) in [4.78, 5) is 27.3. The number of hydrogen-bond acceptors (Lipinski definition) is 4. The molecule has 2 atom stereocenters. The van der Waals surface area contributed by atoms with Crippen LogP contribution in [-0.2, 0) is 11.2 Å². The lowest BCUT2D eigenvalue weighted by Gasteiger charge is -2.42. The van der Waals surface area contributed by atoms with Crippen LogP contribution in [0.3, 0.4) is 0 Å². The van der Waals surface area contributed by atoms with Gasteiger partial charge in [-0.1, -0.05) is 43.0 Å². The molecule has 4 rings (SSSR count). The van der Waals surface area contributed by atoms with E-state index in [0.29, 0.717) is 35.7 Å². The third-order valence-corrected chi connectivity index (χ3v) is 7.23. The lowest BCUT2D eigenvalue weighted by Crippen LogP contribution is -2.42. The van der Waals surface area contributed by atoms with E-state index in [1.165, 1.54) is 32.1 Å². The maximum Gasteiger partial charge on any atom is 0.338 e. The highest BCUT2D eigenvalue weighted by atomic mass is 35.5. The molecule has 1 amide bonds. The summed E-state index contributed by atoms with van der Waals surface area (Å²) < 4.78 is 5.02. The molecule has 0 spiro atoms. The lowest BCUT2D eigenvalue weighted by atomic mass is 9.75. The number of fused-ring (bicyclic) bond motifs is 1. The third kappa shape index (κ3) is 5.89. The lowest BCUT2D eigenvalue weighted by molar-refractivity contribution is 0.0526. The van der Waals surface area contributed by atoms with Crippen LogP contribution in [0.2, 0.25) is 5.02 Å². The summed E-state index contributed by atoms with van der Waals surface area (Å²) in [5.74, 6) is 1.16. The fourth-order valence-corrected chi connectivity index (χ4v) is 5.40. The van der Waals surface area contributed by atoms with Gasteiger partial charge in [0.1, 0.15) is 0 Å². The Kier molecular flexibility index (Phi) is 7.92. The number of amides is 1. The number of ether oxygens (including phenoxy) is 1. The smallest absolute Gasteiger partial charge is 0.338 e. The van der Waals surface area contributed by atoms with Gasteiger partial charge in [-0.15, -0.1) is 0 Å². The molecule has 2 aliphatic rings. The largest absolute Gasteiger partial charge is 0.462 e. The maximum atomic E-state index is 13.1. The molecule has 0 radical (unpaired) electrons. The van der Waals surface area contributed by atoms with Gasteiger partial charge in [-0.2, -0.15) is 0 Å². The summed E-state index contributed by atoms with van der Waals surface area (Å²) in [5.41, 5.74) is 3.22. The first-order valence-corrected chi connectivity index (χ1v) is 12.5. The Morgan fingerprint density at radius 1 is 1.06 bits per heavy atom. The van der Waals surface area contributed by atoms with Crippen molar-refractivity contribution in [3.63, 3.8) is 0 Å². The molecule has 1 saturated heterocycles. The fourth-order valence-electron chi connectivity index (χ4n) is 5.22. The highest BCUT2D eigenvalue weighted by Gasteiger charge is 2.32. The predicted octanol–water partition coefficient (Wildman–Crippen LogP) is 5.51. The Hall–Kier alpha value is -2.53. The van der Waals surface area contributed by atoms with Crippen molar-refractivity contribution in [2.24, 2.45) is 11.8 Å². The van der Waals surface area contributed by atoms with Crippen LogP contribution in [-0.4, -0.2) is 38.1 Å². The normalized spacial score (nSPS) is 20.1.